The summed E-state index contributed by atoms with van der Waals surface area (Å²) in [6, 6.07) is 19.2. The number of nitrogens with zero attached hydrogens (tertiary/aromatic N) is 2. The number of imidazole rings is 1. The Morgan fingerprint density at radius 2 is 1.26 bits per heavy atom. The van der Waals surface area contributed by atoms with Gasteiger partial charge in [0.15, 0.2) is 0 Å². The molecule has 3 aromatic rings. The third-order valence-corrected chi connectivity index (χ3v) is 6.53. The smallest absolute Gasteiger partial charge is 0.356 e. The summed E-state index contributed by atoms with van der Waals surface area (Å²) >= 11 is 3.51. The van der Waals surface area contributed by atoms with E-state index in [0.717, 1.165) is 24.4 Å². The van der Waals surface area contributed by atoms with E-state index in [1.807, 2.05) is 0 Å². The molecule has 0 aliphatic heterocycles. The average Bonchev–Trinajstić information content (AvgIpc) is 3.04. The Balaban J connectivity index is 0.00000341. The molecule has 0 bridgehead atoms. The van der Waals surface area contributed by atoms with Crippen molar-refractivity contribution in [2.45, 2.75) is 77.3 Å². The van der Waals surface area contributed by atoms with Gasteiger partial charge in [-0.2, -0.15) is 0 Å². The Hall–Kier alpha value is -1.33. The summed E-state index contributed by atoms with van der Waals surface area (Å²) in [5, 5.41) is 1.15. The zero-order valence-corrected chi connectivity index (χ0v) is 21.8. The quantitative estimate of drug-likeness (QED) is 0.185. The van der Waals surface area contributed by atoms with Crippen molar-refractivity contribution in [3.63, 3.8) is 0 Å². The van der Waals surface area contributed by atoms with Crippen LogP contribution >= 0.6 is 15.9 Å². The van der Waals surface area contributed by atoms with Crippen molar-refractivity contribution >= 4 is 32.9 Å². The minimum absolute atomic E-state index is 0. The SMILES string of the molecule is Nc1n(CCCCCCCCCCCCBr)c2ccccc2[n+]1Cc1ccccc1.[Br-]. The second-order valence-corrected chi connectivity index (χ2v) is 9.09. The van der Waals surface area contributed by atoms with Gasteiger partial charge in [0.1, 0.15) is 11.0 Å². The first kappa shape index (κ1) is 25.9. The van der Waals surface area contributed by atoms with Crippen molar-refractivity contribution in [2.24, 2.45) is 0 Å². The Morgan fingerprint density at radius 3 is 1.90 bits per heavy atom. The van der Waals surface area contributed by atoms with Crippen LogP contribution in [0.4, 0.5) is 5.95 Å². The number of halogens is 2. The molecule has 1 heterocycles. The number of unbranched alkanes of at least 4 members (excludes halogenated alkanes) is 9. The van der Waals surface area contributed by atoms with Gasteiger partial charge in [0.25, 0.3) is 0 Å². The van der Waals surface area contributed by atoms with Gasteiger partial charge in [0.2, 0.25) is 0 Å². The van der Waals surface area contributed by atoms with Crippen molar-refractivity contribution in [2.75, 3.05) is 11.1 Å². The lowest BCUT2D eigenvalue weighted by Gasteiger charge is -2.04. The molecule has 3 nitrogen and oxygen atoms in total. The fourth-order valence-electron chi connectivity index (χ4n) is 4.26. The fourth-order valence-corrected chi connectivity index (χ4v) is 4.66. The number of alkyl halides is 1. The van der Waals surface area contributed by atoms with Gasteiger partial charge in [-0.05, 0) is 30.5 Å². The summed E-state index contributed by atoms with van der Waals surface area (Å²) in [6.07, 6.45) is 13.5. The number of nitrogens with two attached hydrogens (primary N) is 1. The lowest BCUT2D eigenvalue weighted by molar-refractivity contribution is -0.648. The van der Waals surface area contributed by atoms with Gasteiger partial charge < -0.3 is 17.0 Å². The van der Waals surface area contributed by atoms with Crippen LogP contribution in [0.25, 0.3) is 11.0 Å². The predicted molar refractivity (Wildman–Crippen MR) is 132 cm³/mol. The molecule has 3 rings (SSSR count). The number of para-hydroxylation sites is 2. The van der Waals surface area contributed by atoms with Crippen LogP contribution in [0.2, 0.25) is 0 Å². The van der Waals surface area contributed by atoms with Crippen LogP contribution in [0.1, 0.15) is 69.8 Å². The first-order chi connectivity index (χ1) is 14.8. The molecule has 0 saturated heterocycles. The highest BCUT2D eigenvalue weighted by Gasteiger charge is 2.20. The first-order valence-electron chi connectivity index (χ1n) is 11.7. The van der Waals surface area contributed by atoms with Crippen LogP contribution in [0.3, 0.4) is 0 Å². The van der Waals surface area contributed by atoms with E-state index in [2.05, 4.69) is 79.7 Å². The number of anilines is 1. The number of benzene rings is 2. The maximum absolute atomic E-state index is 6.62. The lowest BCUT2D eigenvalue weighted by Crippen LogP contribution is -3.00. The molecule has 0 unspecified atom stereocenters. The largest absolute Gasteiger partial charge is 1.00 e. The Morgan fingerprint density at radius 1 is 0.710 bits per heavy atom. The standard InChI is InChI=1S/C26H36BrN3.BrH/c27-20-14-7-5-3-1-2-4-6-8-15-21-29-24-18-12-13-19-25(24)30(26(29)28)22-23-16-10-9-11-17-23;/h9-13,16-19,28H,1-8,14-15,20-22H2;1H. The highest BCUT2D eigenvalue weighted by Crippen LogP contribution is 2.19. The summed E-state index contributed by atoms with van der Waals surface area (Å²) in [7, 11) is 0. The molecule has 0 aliphatic carbocycles. The Labute approximate surface area is 206 Å². The van der Waals surface area contributed by atoms with Gasteiger partial charge in [0.05, 0.1) is 13.1 Å². The van der Waals surface area contributed by atoms with Crippen LogP contribution in [0.15, 0.2) is 54.6 Å². The van der Waals surface area contributed by atoms with Crippen molar-refractivity contribution in [1.29, 1.82) is 0 Å². The topological polar surface area (TPSA) is 34.8 Å². The molecule has 0 atom stereocenters. The number of hydrogen-bond donors (Lipinski definition) is 1. The second-order valence-electron chi connectivity index (χ2n) is 8.29. The molecule has 31 heavy (non-hydrogen) atoms. The van der Waals surface area contributed by atoms with E-state index < -0.39 is 0 Å². The maximum Gasteiger partial charge on any atom is 0.356 e. The van der Waals surface area contributed by atoms with Crippen molar-refractivity contribution in [3.8, 4) is 0 Å². The van der Waals surface area contributed by atoms with E-state index in [-0.39, 0.29) is 17.0 Å². The van der Waals surface area contributed by atoms with E-state index >= 15 is 0 Å². The molecular weight excluding hydrogens is 514 g/mol. The Bertz CT molecular complexity index is 877. The number of hydrogen-bond acceptors (Lipinski definition) is 1. The number of aromatic nitrogens is 2. The van der Waals surface area contributed by atoms with Crippen LogP contribution in [-0.4, -0.2) is 9.90 Å². The van der Waals surface area contributed by atoms with Crippen LogP contribution in [-0.2, 0) is 13.1 Å². The van der Waals surface area contributed by atoms with E-state index in [0.29, 0.717) is 0 Å². The summed E-state index contributed by atoms with van der Waals surface area (Å²) in [5.41, 5.74) is 10.4. The highest BCUT2D eigenvalue weighted by atomic mass is 79.9. The number of nitrogen functional groups attached to an aromatic ring is 1. The van der Waals surface area contributed by atoms with Crippen molar-refractivity contribution in [1.82, 2.24) is 4.57 Å². The van der Waals surface area contributed by atoms with Gasteiger partial charge >= 0.3 is 5.95 Å². The van der Waals surface area contributed by atoms with Crippen LogP contribution in [0.5, 0.6) is 0 Å². The van der Waals surface area contributed by atoms with Gasteiger partial charge in [-0.1, -0.05) is 110 Å². The molecule has 2 aromatic carbocycles. The maximum atomic E-state index is 6.62. The van der Waals surface area contributed by atoms with Crippen molar-refractivity contribution < 1.29 is 21.5 Å². The average molecular weight is 551 g/mol. The lowest BCUT2D eigenvalue weighted by atomic mass is 10.1. The third-order valence-electron chi connectivity index (χ3n) is 5.97. The van der Waals surface area contributed by atoms with E-state index in [4.69, 9.17) is 5.73 Å². The van der Waals surface area contributed by atoms with Gasteiger partial charge in [-0.15, -0.1) is 0 Å². The second kappa shape index (κ2) is 14.7. The number of fused-ring (bicyclic) bond motifs is 1. The third kappa shape index (κ3) is 7.94. The zero-order chi connectivity index (χ0) is 21.0. The van der Waals surface area contributed by atoms with Crippen LogP contribution in [0, 0.1) is 0 Å². The molecule has 170 valence electrons. The molecule has 2 N–H and O–H groups in total. The molecule has 0 saturated carbocycles. The molecule has 0 amide bonds. The zero-order valence-electron chi connectivity index (χ0n) is 18.6. The first-order valence-corrected chi connectivity index (χ1v) is 12.8. The fraction of sp³-hybridized carbons (Fsp3) is 0.500. The monoisotopic (exact) mass is 549 g/mol. The van der Waals surface area contributed by atoms with E-state index in [1.54, 1.807) is 0 Å². The highest BCUT2D eigenvalue weighted by molar-refractivity contribution is 9.09. The molecule has 1 aromatic heterocycles. The van der Waals surface area contributed by atoms with Gasteiger partial charge in [-0.3, -0.25) is 5.73 Å². The normalized spacial score (nSPS) is 11.0. The molecule has 0 aliphatic rings. The molecule has 0 radical (unpaired) electrons. The minimum Gasteiger partial charge on any atom is -1.00 e. The molecule has 0 spiro atoms. The number of aryl methyl sites for hydroxylation is 1. The van der Waals surface area contributed by atoms with E-state index in [9.17, 15) is 0 Å². The minimum atomic E-state index is 0. The summed E-state index contributed by atoms with van der Waals surface area (Å²) < 4.78 is 4.56. The van der Waals surface area contributed by atoms with Gasteiger partial charge in [-0.25, -0.2) is 9.13 Å². The molecule has 5 heteroatoms. The van der Waals surface area contributed by atoms with Crippen molar-refractivity contribution in [3.05, 3.63) is 60.2 Å². The molecule has 0 fully saturated rings. The predicted octanol–water partition coefficient (Wildman–Crippen LogP) is 3.86. The Kier molecular flexibility index (Phi) is 12.3. The summed E-state index contributed by atoms with van der Waals surface area (Å²) in [6.45, 7) is 1.82. The molecular formula is C26H37Br2N3. The summed E-state index contributed by atoms with van der Waals surface area (Å²) in [5.74, 6) is 0.864. The van der Waals surface area contributed by atoms with E-state index in [1.165, 1.54) is 80.8 Å². The van der Waals surface area contributed by atoms with Gasteiger partial charge in [0, 0.05) is 5.33 Å². The summed E-state index contributed by atoms with van der Waals surface area (Å²) in [4.78, 5) is 0. The van der Waals surface area contributed by atoms with Crippen LogP contribution < -0.4 is 27.3 Å². The number of rotatable bonds is 14.